The molecule has 2 aromatic rings. The number of amides is 1. The molecule has 1 heterocycles. The lowest BCUT2D eigenvalue weighted by atomic mass is 10.3. The normalized spacial score (nSPS) is 10.5. The summed E-state index contributed by atoms with van der Waals surface area (Å²) in [6.45, 7) is 0.400. The van der Waals surface area contributed by atoms with Crippen molar-refractivity contribution in [2.75, 3.05) is 17.6 Å². The van der Waals surface area contributed by atoms with Gasteiger partial charge in [-0.3, -0.25) is 4.79 Å². The summed E-state index contributed by atoms with van der Waals surface area (Å²) in [7, 11) is 0. The zero-order valence-corrected chi connectivity index (χ0v) is 8.56. The Hall–Kier alpha value is -2.24. The number of hydrogen-bond donors (Lipinski definition) is 3. The maximum Gasteiger partial charge on any atom is 0.295 e. The van der Waals surface area contributed by atoms with Crippen molar-refractivity contribution in [3.05, 3.63) is 18.2 Å². The molecule has 2 rings (SSSR count). The number of rotatable bonds is 4. The van der Waals surface area contributed by atoms with Crippen molar-refractivity contribution >= 4 is 28.7 Å². The van der Waals surface area contributed by atoms with Crippen LogP contribution in [0, 0.1) is 0 Å². The van der Waals surface area contributed by atoms with E-state index in [1.807, 2.05) is 0 Å². The van der Waals surface area contributed by atoms with Crippen LogP contribution < -0.4 is 16.8 Å². The predicted octanol–water partition coefficient (Wildman–Crippen LogP) is 0.697. The summed E-state index contributed by atoms with van der Waals surface area (Å²) in [5, 5.41) is 2.87. The molecule has 0 aliphatic carbocycles. The first-order chi connectivity index (χ1) is 7.65. The number of nitrogens with one attached hydrogen (secondary N) is 1. The second kappa shape index (κ2) is 4.09. The van der Waals surface area contributed by atoms with Crippen LogP contribution in [0.3, 0.4) is 0 Å². The first kappa shape index (κ1) is 10.3. The largest absolute Gasteiger partial charge is 0.424 e. The quantitative estimate of drug-likeness (QED) is 0.657. The molecule has 6 nitrogen and oxygen atoms in total. The van der Waals surface area contributed by atoms with Crippen LogP contribution in [-0.4, -0.2) is 17.4 Å². The number of nitrogens with two attached hydrogens (primary N) is 2. The Labute approximate surface area is 91.6 Å². The van der Waals surface area contributed by atoms with Crippen molar-refractivity contribution in [3.8, 4) is 0 Å². The van der Waals surface area contributed by atoms with Gasteiger partial charge in [0.05, 0.1) is 0 Å². The Morgan fingerprint density at radius 2 is 2.31 bits per heavy atom. The van der Waals surface area contributed by atoms with E-state index in [0.29, 0.717) is 29.3 Å². The minimum absolute atomic E-state index is 0.237. The Kier molecular flexibility index (Phi) is 2.63. The molecule has 16 heavy (non-hydrogen) atoms. The van der Waals surface area contributed by atoms with Gasteiger partial charge in [-0.15, -0.1) is 0 Å². The number of anilines is 2. The smallest absolute Gasteiger partial charge is 0.295 e. The van der Waals surface area contributed by atoms with E-state index in [9.17, 15) is 4.79 Å². The van der Waals surface area contributed by atoms with E-state index in [1.54, 1.807) is 18.2 Å². The molecule has 0 bridgehead atoms. The molecule has 0 radical (unpaired) electrons. The summed E-state index contributed by atoms with van der Waals surface area (Å²) in [5.41, 5.74) is 12.6. The molecule has 0 aliphatic rings. The fraction of sp³-hybridized carbons (Fsp3) is 0.200. The van der Waals surface area contributed by atoms with Crippen LogP contribution in [0.15, 0.2) is 22.6 Å². The van der Waals surface area contributed by atoms with Gasteiger partial charge in [0, 0.05) is 18.7 Å². The highest BCUT2D eigenvalue weighted by Gasteiger charge is 2.05. The Morgan fingerprint density at radius 1 is 1.50 bits per heavy atom. The molecule has 0 saturated carbocycles. The number of aromatic nitrogens is 1. The molecule has 84 valence electrons. The summed E-state index contributed by atoms with van der Waals surface area (Å²) in [6.07, 6.45) is 0.237. The molecular formula is C10H12N4O2. The number of carbonyl (C=O) groups excluding carboxylic acids is 1. The number of primary amides is 1. The van der Waals surface area contributed by atoms with Gasteiger partial charge in [0.1, 0.15) is 5.52 Å². The molecule has 1 aromatic carbocycles. The van der Waals surface area contributed by atoms with Crippen LogP contribution in [0.2, 0.25) is 0 Å². The standard InChI is InChI=1S/C10H12N4O2/c11-6-1-2-8-7(5-6)14-10(16-8)13-4-3-9(12)15/h1-2,5H,3-4,11H2,(H2,12,15)(H,13,14). The van der Waals surface area contributed by atoms with Gasteiger partial charge in [-0.25, -0.2) is 0 Å². The second-order valence-corrected chi connectivity index (χ2v) is 3.39. The minimum atomic E-state index is -0.368. The molecule has 5 N–H and O–H groups in total. The topological polar surface area (TPSA) is 107 Å². The van der Waals surface area contributed by atoms with Gasteiger partial charge < -0.3 is 21.2 Å². The fourth-order valence-corrected chi connectivity index (χ4v) is 1.31. The zero-order valence-electron chi connectivity index (χ0n) is 8.56. The fourth-order valence-electron chi connectivity index (χ4n) is 1.31. The van der Waals surface area contributed by atoms with E-state index in [-0.39, 0.29) is 12.3 Å². The Bertz CT molecular complexity index is 521. The highest BCUT2D eigenvalue weighted by Crippen LogP contribution is 2.20. The number of oxazole rings is 1. The molecular weight excluding hydrogens is 208 g/mol. The summed E-state index contributed by atoms with van der Waals surface area (Å²) in [5.74, 6) is -0.368. The lowest BCUT2D eigenvalue weighted by Gasteiger charge is -1.96. The van der Waals surface area contributed by atoms with Gasteiger partial charge in [-0.05, 0) is 18.2 Å². The molecule has 1 amide bonds. The van der Waals surface area contributed by atoms with Crippen LogP contribution in [-0.2, 0) is 4.79 Å². The van der Waals surface area contributed by atoms with Crippen LogP contribution in [0.5, 0.6) is 0 Å². The van der Waals surface area contributed by atoms with Gasteiger partial charge >= 0.3 is 0 Å². The Morgan fingerprint density at radius 3 is 3.06 bits per heavy atom. The number of benzene rings is 1. The minimum Gasteiger partial charge on any atom is -0.424 e. The highest BCUT2D eigenvalue weighted by atomic mass is 16.4. The number of hydrogen-bond acceptors (Lipinski definition) is 5. The summed E-state index contributed by atoms with van der Waals surface area (Å²) in [4.78, 5) is 14.7. The predicted molar refractivity (Wildman–Crippen MR) is 60.7 cm³/mol. The van der Waals surface area contributed by atoms with Gasteiger partial charge in [0.25, 0.3) is 6.01 Å². The third-order valence-corrected chi connectivity index (χ3v) is 2.06. The monoisotopic (exact) mass is 220 g/mol. The van der Waals surface area contributed by atoms with Gasteiger partial charge in [0.15, 0.2) is 5.58 Å². The number of nitrogens with zero attached hydrogens (tertiary/aromatic N) is 1. The first-order valence-corrected chi connectivity index (χ1v) is 4.83. The molecule has 0 spiro atoms. The third-order valence-electron chi connectivity index (χ3n) is 2.06. The van der Waals surface area contributed by atoms with E-state index in [4.69, 9.17) is 15.9 Å². The highest BCUT2D eigenvalue weighted by molar-refractivity contribution is 5.78. The number of nitrogen functional groups attached to an aromatic ring is 1. The molecule has 0 fully saturated rings. The summed E-state index contributed by atoms with van der Waals surface area (Å²) in [6, 6.07) is 5.57. The van der Waals surface area contributed by atoms with E-state index in [2.05, 4.69) is 10.3 Å². The maximum absolute atomic E-state index is 10.5. The molecule has 0 unspecified atom stereocenters. The number of carbonyl (C=O) groups is 1. The summed E-state index contributed by atoms with van der Waals surface area (Å²) >= 11 is 0. The molecule has 6 heteroatoms. The van der Waals surface area contributed by atoms with Crippen LogP contribution in [0.1, 0.15) is 6.42 Å². The van der Waals surface area contributed by atoms with Crippen molar-refractivity contribution < 1.29 is 9.21 Å². The van der Waals surface area contributed by atoms with Crippen LogP contribution in [0.4, 0.5) is 11.7 Å². The van der Waals surface area contributed by atoms with Gasteiger partial charge in [-0.2, -0.15) is 4.98 Å². The average molecular weight is 220 g/mol. The summed E-state index contributed by atoms with van der Waals surface area (Å²) < 4.78 is 5.37. The van der Waals surface area contributed by atoms with Gasteiger partial charge in [0.2, 0.25) is 5.91 Å². The lowest BCUT2D eigenvalue weighted by Crippen LogP contribution is -2.15. The lowest BCUT2D eigenvalue weighted by molar-refractivity contribution is -0.117. The second-order valence-electron chi connectivity index (χ2n) is 3.39. The first-order valence-electron chi connectivity index (χ1n) is 4.83. The molecule has 0 aliphatic heterocycles. The molecule has 0 atom stereocenters. The van der Waals surface area contributed by atoms with Crippen molar-refractivity contribution in [1.29, 1.82) is 0 Å². The SMILES string of the molecule is NC(=O)CCNc1nc2cc(N)ccc2o1. The van der Waals surface area contributed by atoms with Gasteiger partial charge in [-0.1, -0.05) is 0 Å². The average Bonchev–Trinajstić information content (AvgIpc) is 2.58. The number of fused-ring (bicyclic) bond motifs is 1. The van der Waals surface area contributed by atoms with E-state index in [1.165, 1.54) is 0 Å². The molecule has 1 aromatic heterocycles. The van der Waals surface area contributed by atoms with Crippen molar-refractivity contribution in [2.24, 2.45) is 5.73 Å². The molecule has 0 saturated heterocycles. The van der Waals surface area contributed by atoms with Crippen LogP contribution >= 0.6 is 0 Å². The van der Waals surface area contributed by atoms with Crippen molar-refractivity contribution in [2.45, 2.75) is 6.42 Å². The van der Waals surface area contributed by atoms with E-state index >= 15 is 0 Å². The van der Waals surface area contributed by atoms with E-state index < -0.39 is 0 Å². The zero-order chi connectivity index (χ0) is 11.5. The third kappa shape index (κ3) is 2.22. The van der Waals surface area contributed by atoms with Crippen molar-refractivity contribution in [3.63, 3.8) is 0 Å². The maximum atomic E-state index is 10.5. The Balaban J connectivity index is 2.10. The van der Waals surface area contributed by atoms with E-state index in [0.717, 1.165) is 0 Å². The van der Waals surface area contributed by atoms with Crippen molar-refractivity contribution in [1.82, 2.24) is 4.98 Å². The van der Waals surface area contributed by atoms with Crippen LogP contribution in [0.25, 0.3) is 11.1 Å².